The highest BCUT2D eigenvalue weighted by molar-refractivity contribution is 5.83. The van der Waals surface area contributed by atoms with Crippen molar-refractivity contribution in [2.24, 2.45) is 0 Å². The van der Waals surface area contributed by atoms with Crippen LogP contribution in [-0.4, -0.2) is 38.1 Å². The molecule has 0 radical (unpaired) electrons. The molecule has 0 fully saturated rings. The van der Waals surface area contributed by atoms with Crippen LogP contribution in [0.1, 0.15) is 12.5 Å². The number of amides is 1. The van der Waals surface area contributed by atoms with E-state index >= 15 is 0 Å². The second-order valence-electron chi connectivity index (χ2n) is 4.36. The Bertz CT molecular complexity index is 465. The van der Waals surface area contributed by atoms with E-state index in [9.17, 15) is 14.0 Å². The molecule has 1 amide bonds. The molecule has 1 aromatic carbocycles. The van der Waals surface area contributed by atoms with Gasteiger partial charge in [-0.05, 0) is 30.7 Å². The number of benzene rings is 1. The summed E-state index contributed by atoms with van der Waals surface area (Å²) in [6, 6.07) is 5.62. The van der Waals surface area contributed by atoms with E-state index in [1.165, 1.54) is 26.2 Å². The highest BCUT2D eigenvalue weighted by Crippen LogP contribution is 2.03. The molecule has 5 nitrogen and oxygen atoms in total. The summed E-state index contributed by atoms with van der Waals surface area (Å²) in [5, 5.41) is 5.54. The smallest absolute Gasteiger partial charge is 0.329 e. The van der Waals surface area contributed by atoms with Crippen molar-refractivity contribution >= 4 is 11.9 Å². The van der Waals surface area contributed by atoms with Gasteiger partial charge in [0, 0.05) is 13.5 Å². The molecule has 6 heteroatoms. The lowest BCUT2D eigenvalue weighted by Gasteiger charge is -2.16. The Kier molecular flexibility index (Phi) is 6.66. The lowest BCUT2D eigenvalue weighted by Crippen LogP contribution is -2.47. The first-order valence-electron chi connectivity index (χ1n) is 6.33. The number of carbonyl (C=O) groups is 2. The fraction of sp³-hybridized carbons (Fsp3) is 0.429. The number of esters is 1. The molecule has 0 aliphatic rings. The monoisotopic (exact) mass is 282 g/mol. The van der Waals surface area contributed by atoms with Gasteiger partial charge in [-0.1, -0.05) is 12.1 Å². The fourth-order valence-electron chi connectivity index (χ4n) is 1.75. The number of halogens is 1. The zero-order valence-corrected chi connectivity index (χ0v) is 11.6. The van der Waals surface area contributed by atoms with E-state index in [-0.39, 0.29) is 18.3 Å². The minimum absolute atomic E-state index is 0.265. The molecule has 1 unspecified atom stereocenters. The van der Waals surface area contributed by atoms with Gasteiger partial charge < -0.3 is 15.4 Å². The number of methoxy groups -OCH3 is 1. The summed E-state index contributed by atoms with van der Waals surface area (Å²) in [5.41, 5.74) is 0.867. The van der Waals surface area contributed by atoms with Crippen LogP contribution in [0, 0.1) is 5.82 Å². The Morgan fingerprint density at radius 1 is 1.40 bits per heavy atom. The van der Waals surface area contributed by atoms with Gasteiger partial charge in [0.05, 0.1) is 7.11 Å². The molecule has 0 bridgehead atoms. The van der Waals surface area contributed by atoms with Crippen LogP contribution in [0.25, 0.3) is 0 Å². The summed E-state index contributed by atoms with van der Waals surface area (Å²) in [5.74, 6) is -1.07. The highest BCUT2D eigenvalue weighted by Gasteiger charge is 2.19. The third-order valence-corrected chi connectivity index (χ3v) is 2.69. The number of carbonyl (C=O) groups excluding carboxylic acids is 2. The predicted molar refractivity (Wildman–Crippen MR) is 72.6 cm³/mol. The van der Waals surface area contributed by atoms with Crippen LogP contribution in [-0.2, 0) is 20.7 Å². The second kappa shape index (κ2) is 8.27. The molecule has 0 aliphatic heterocycles. The topological polar surface area (TPSA) is 67.4 Å². The molecule has 0 saturated carbocycles. The minimum Gasteiger partial charge on any atom is -0.467 e. The number of hydrogen-bond acceptors (Lipinski definition) is 4. The first-order valence-corrected chi connectivity index (χ1v) is 6.33. The van der Waals surface area contributed by atoms with Gasteiger partial charge in [0.1, 0.15) is 11.9 Å². The summed E-state index contributed by atoms with van der Waals surface area (Å²) in [6.07, 6.45) is 0.631. The van der Waals surface area contributed by atoms with Gasteiger partial charge in [0.15, 0.2) is 0 Å². The molecule has 20 heavy (non-hydrogen) atoms. The molecule has 1 aromatic rings. The second-order valence-corrected chi connectivity index (χ2v) is 4.36. The van der Waals surface area contributed by atoms with E-state index in [1.807, 2.05) is 6.07 Å². The summed E-state index contributed by atoms with van der Waals surface area (Å²) in [7, 11) is 1.27. The Labute approximate surface area is 117 Å². The predicted octanol–water partition coefficient (Wildman–Crippen LogP) is 0.635. The molecular weight excluding hydrogens is 263 g/mol. The number of ether oxygens (including phenoxy) is 1. The standard InChI is InChI=1S/C14H19FN2O3/c1-10(18)17-13(14(19)20-2)9-16-7-6-11-4-3-5-12(15)8-11/h3-5,8,13,16H,6-7,9H2,1-2H3,(H,17,18). The van der Waals surface area contributed by atoms with Crippen molar-refractivity contribution in [1.29, 1.82) is 0 Å². The minimum atomic E-state index is -0.718. The zero-order chi connectivity index (χ0) is 15.0. The third-order valence-electron chi connectivity index (χ3n) is 2.69. The van der Waals surface area contributed by atoms with E-state index in [2.05, 4.69) is 15.4 Å². The molecule has 0 spiro atoms. The summed E-state index contributed by atoms with van der Waals surface area (Å²) in [4.78, 5) is 22.4. The highest BCUT2D eigenvalue weighted by atomic mass is 19.1. The molecule has 0 aromatic heterocycles. The Morgan fingerprint density at radius 2 is 2.15 bits per heavy atom. The lowest BCUT2D eigenvalue weighted by atomic mass is 10.1. The quantitative estimate of drug-likeness (QED) is 0.569. The average Bonchev–Trinajstić information content (AvgIpc) is 2.41. The molecular formula is C14H19FN2O3. The number of rotatable bonds is 7. The molecule has 0 heterocycles. The molecule has 110 valence electrons. The van der Waals surface area contributed by atoms with Gasteiger partial charge in [-0.3, -0.25) is 4.79 Å². The van der Waals surface area contributed by atoms with E-state index in [1.54, 1.807) is 6.07 Å². The van der Waals surface area contributed by atoms with Crippen molar-refractivity contribution in [2.75, 3.05) is 20.2 Å². The number of nitrogens with one attached hydrogen (secondary N) is 2. The normalized spacial score (nSPS) is 11.8. The zero-order valence-electron chi connectivity index (χ0n) is 11.6. The number of hydrogen-bond donors (Lipinski definition) is 2. The molecule has 1 atom stereocenters. The maximum Gasteiger partial charge on any atom is 0.329 e. The molecule has 0 aliphatic carbocycles. The van der Waals surface area contributed by atoms with Crippen molar-refractivity contribution in [1.82, 2.24) is 10.6 Å². The van der Waals surface area contributed by atoms with E-state index in [4.69, 9.17) is 0 Å². The van der Waals surface area contributed by atoms with Crippen LogP contribution < -0.4 is 10.6 Å². The van der Waals surface area contributed by atoms with Gasteiger partial charge >= 0.3 is 5.97 Å². The van der Waals surface area contributed by atoms with Gasteiger partial charge in [-0.2, -0.15) is 0 Å². The summed E-state index contributed by atoms with van der Waals surface area (Å²) >= 11 is 0. The fourth-order valence-corrected chi connectivity index (χ4v) is 1.75. The van der Waals surface area contributed by atoms with Gasteiger partial charge in [-0.15, -0.1) is 0 Å². The van der Waals surface area contributed by atoms with Crippen LogP contribution in [0.4, 0.5) is 4.39 Å². The van der Waals surface area contributed by atoms with E-state index in [0.717, 1.165) is 5.56 Å². The molecule has 1 rings (SSSR count). The third kappa shape index (κ3) is 5.79. The molecule has 0 saturated heterocycles. The Balaban J connectivity index is 2.37. The van der Waals surface area contributed by atoms with Crippen molar-refractivity contribution in [3.63, 3.8) is 0 Å². The van der Waals surface area contributed by atoms with Crippen molar-refractivity contribution < 1.29 is 18.7 Å². The van der Waals surface area contributed by atoms with E-state index < -0.39 is 12.0 Å². The van der Waals surface area contributed by atoms with Crippen molar-refractivity contribution in [2.45, 2.75) is 19.4 Å². The maximum absolute atomic E-state index is 13.0. The van der Waals surface area contributed by atoms with Crippen LogP contribution in [0.3, 0.4) is 0 Å². The van der Waals surface area contributed by atoms with Crippen LogP contribution in [0.2, 0.25) is 0 Å². The van der Waals surface area contributed by atoms with Crippen molar-refractivity contribution in [3.05, 3.63) is 35.6 Å². The average molecular weight is 282 g/mol. The van der Waals surface area contributed by atoms with Crippen LogP contribution >= 0.6 is 0 Å². The van der Waals surface area contributed by atoms with E-state index in [0.29, 0.717) is 13.0 Å². The first kappa shape index (κ1) is 16.1. The van der Waals surface area contributed by atoms with Gasteiger partial charge in [0.25, 0.3) is 0 Å². The van der Waals surface area contributed by atoms with Gasteiger partial charge in [0.2, 0.25) is 5.91 Å². The van der Waals surface area contributed by atoms with Crippen LogP contribution in [0.5, 0.6) is 0 Å². The lowest BCUT2D eigenvalue weighted by molar-refractivity contribution is -0.144. The largest absolute Gasteiger partial charge is 0.467 e. The SMILES string of the molecule is COC(=O)C(CNCCc1cccc(F)c1)NC(C)=O. The van der Waals surface area contributed by atoms with Crippen LogP contribution in [0.15, 0.2) is 24.3 Å². The first-order chi connectivity index (χ1) is 9.52. The maximum atomic E-state index is 13.0. The Hall–Kier alpha value is -1.95. The summed E-state index contributed by atoms with van der Waals surface area (Å²) in [6.45, 7) is 2.17. The summed E-state index contributed by atoms with van der Waals surface area (Å²) < 4.78 is 17.6. The molecule has 2 N–H and O–H groups in total. The van der Waals surface area contributed by atoms with Gasteiger partial charge in [-0.25, -0.2) is 9.18 Å². The van der Waals surface area contributed by atoms with Crippen molar-refractivity contribution in [3.8, 4) is 0 Å². The Morgan fingerprint density at radius 3 is 2.75 bits per heavy atom.